The molecule has 2 radical (unpaired) electrons. The van der Waals surface area contributed by atoms with Crippen molar-refractivity contribution in [1.82, 2.24) is 19.5 Å². The van der Waals surface area contributed by atoms with Gasteiger partial charge in [-0.3, -0.25) is 4.90 Å². The number of rotatable bonds is 6. The lowest BCUT2D eigenvalue weighted by Crippen LogP contribution is -2.37. The van der Waals surface area contributed by atoms with Gasteiger partial charge >= 0.3 is 0 Å². The smallest absolute Gasteiger partial charge is 0.150 e. The van der Waals surface area contributed by atoms with Gasteiger partial charge in [-0.25, -0.2) is 4.98 Å². The molecule has 1 saturated heterocycles. The highest BCUT2D eigenvalue weighted by Gasteiger charge is 2.21. The number of likely N-dealkylation sites (tertiary alicyclic amines) is 1. The Morgan fingerprint density at radius 2 is 2.03 bits per heavy atom. The molecule has 1 N–H and O–H groups in total. The molecule has 1 fully saturated rings. The Morgan fingerprint density at radius 3 is 2.88 bits per heavy atom. The van der Waals surface area contributed by atoms with Gasteiger partial charge in [-0.2, -0.15) is 9.61 Å². The molecule has 0 spiro atoms. The van der Waals surface area contributed by atoms with Crippen LogP contribution in [-0.2, 0) is 6.54 Å². The van der Waals surface area contributed by atoms with Crippen LogP contribution in [0.1, 0.15) is 18.4 Å². The van der Waals surface area contributed by atoms with Crippen molar-refractivity contribution in [3.05, 3.63) is 75.9 Å². The van der Waals surface area contributed by atoms with E-state index in [1.54, 1.807) is 10.7 Å². The first kappa shape index (κ1) is 22.4. The van der Waals surface area contributed by atoms with E-state index in [0.29, 0.717) is 22.1 Å². The van der Waals surface area contributed by atoms with E-state index in [1.807, 2.05) is 30.3 Å². The van der Waals surface area contributed by atoms with Crippen molar-refractivity contribution in [2.24, 2.45) is 5.92 Å². The number of halogens is 2. The van der Waals surface area contributed by atoms with E-state index >= 15 is 0 Å². The first-order valence-corrected chi connectivity index (χ1v) is 12.3. The molecule has 1 aliphatic heterocycles. The molecule has 1 atom stereocenters. The highest BCUT2D eigenvalue weighted by molar-refractivity contribution is 9.10. The van der Waals surface area contributed by atoms with Crippen LogP contribution in [0.5, 0.6) is 0 Å². The highest BCUT2D eigenvalue weighted by Crippen LogP contribution is 2.28. The predicted molar refractivity (Wildman–Crippen MR) is 139 cm³/mol. The van der Waals surface area contributed by atoms with Gasteiger partial charge in [0.2, 0.25) is 0 Å². The normalized spacial score (nSPS) is 16.8. The topological polar surface area (TPSA) is 45.5 Å². The van der Waals surface area contributed by atoms with E-state index in [0.717, 1.165) is 47.7 Å². The fourth-order valence-electron chi connectivity index (χ4n) is 4.52. The zero-order valence-electron chi connectivity index (χ0n) is 18.2. The molecule has 1 unspecified atom stereocenters. The zero-order chi connectivity index (χ0) is 22.8. The predicted octanol–water partition coefficient (Wildman–Crippen LogP) is 4.93. The molecule has 3 heterocycles. The van der Waals surface area contributed by atoms with Crippen LogP contribution in [0.4, 0.5) is 5.82 Å². The molecule has 4 aromatic rings. The lowest BCUT2D eigenvalue weighted by atomic mass is 9.97. The maximum Gasteiger partial charge on any atom is 0.150 e. The van der Waals surface area contributed by atoms with Crippen LogP contribution >= 0.6 is 27.5 Å². The summed E-state index contributed by atoms with van der Waals surface area (Å²) < 4.78 is 2.90. The Bertz CT molecular complexity index is 1280. The molecule has 5 nitrogen and oxygen atoms in total. The summed E-state index contributed by atoms with van der Waals surface area (Å²) in [4.78, 5) is 7.27. The summed E-state index contributed by atoms with van der Waals surface area (Å²) in [6.07, 6.45) is 4.05. The molecule has 0 bridgehead atoms. The minimum absolute atomic E-state index is 0.546. The molecule has 0 saturated carbocycles. The second kappa shape index (κ2) is 9.88. The number of hydrogen-bond acceptors (Lipinski definition) is 4. The molecule has 33 heavy (non-hydrogen) atoms. The quantitative estimate of drug-likeness (QED) is 0.366. The van der Waals surface area contributed by atoms with Gasteiger partial charge < -0.3 is 5.32 Å². The lowest BCUT2D eigenvalue weighted by Gasteiger charge is -2.33. The average molecular weight is 521 g/mol. The van der Waals surface area contributed by atoms with Gasteiger partial charge in [-0.05, 0) is 54.5 Å². The number of hydrogen-bond donors (Lipinski definition) is 1. The first-order chi connectivity index (χ1) is 16.1. The van der Waals surface area contributed by atoms with Crippen molar-refractivity contribution in [3.8, 4) is 11.3 Å². The number of nitrogens with one attached hydrogen (secondary N) is 1. The molecule has 0 amide bonds. The number of benzene rings is 2. The molecule has 2 aromatic carbocycles. The van der Waals surface area contributed by atoms with Crippen LogP contribution in [-0.4, -0.2) is 47.0 Å². The van der Waals surface area contributed by atoms with Crippen molar-refractivity contribution in [2.45, 2.75) is 19.4 Å². The van der Waals surface area contributed by atoms with Crippen LogP contribution in [0, 0.1) is 5.92 Å². The molecule has 5 rings (SSSR count). The Labute approximate surface area is 208 Å². The van der Waals surface area contributed by atoms with Gasteiger partial charge in [-0.1, -0.05) is 57.9 Å². The largest absolute Gasteiger partial charge is 0.370 e. The molecule has 2 aromatic heterocycles. The van der Waals surface area contributed by atoms with Gasteiger partial charge in [-0.15, -0.1) is 0 Å². The van der Waals surface area contributed by atoms with Crippen LogP contribution in [0.2, 0.25) is 5.02 Å². The molecular weight excluding hydrogens is 496 g/mol. The summed E-state index contributed by atoms with van der Waals surface area (Å²) >= 11 is 10.0. The van der Waals surface area contributed by atoms with E-state index in [9.17, 15) is 0 Å². The Morgan fingerprint density at radius 1 is 1.15 bits per heavy atom. The standard InChI is InChI=1S/C25H24BBrClN5/c26-21-14-30-33-24(12-23(31-25(21)33)20-8-1-2-9-22(20)28)29-13-18-6-4-10-32(16-18)15-17-5-3-7-19(27)11-17/h1-3,5,7-9,11-12,14,18,29H,4,6,10,13,15-16H2. The van der Waals surface area contributed by atoms with Crippen molar-refractivity contribution in [3.63, 3.8) is 0 Å². The summed E-state index contributed by atoms with van der Waals surface area (Å²) in [5.74, 6) is 1.42. The van der Waals surface area contributed by atoms with Gasteiger partial charge in [0.25, 0.3) is 0 Å². The summed E-state index contributed by atoms with van der Waals surface area (Å²) in [6, 6.07) is 18.3. The van der Waals surface area contributed by atoms with Crippen molar-refractivity contribution >= 4 is 52.3 Å². The van der Waals surface area contributed by atoms with Crippen molar-refractivity contribution in [2.75, 3.05) is 25.0 Å². The summed E-state index contributed by atoms with van der Waals surface area (Å²) in [7, 11) is 6.15. The molecular formula is C25H24BBrClN5. The first-order valence-electron chi connectivity index (χ1n) is 11.2. The van der Waals surface area contributed by atoms with Crippen molar-refractivity contribution in [1.29, 1.82) is 0 Å². The van der Waals surface area contributed by atoms with Crippen LogP contribution < -0.4 is 10.8 Å². The molecule has 166 valence electrons. The van der Waals surface area contributed by atoms with E-state index in [4.69, 9.17) is 24.4 Å². The van der Waals surface area contributed by atoms with Gasteiger partial charge in [0.05, 0.1) is 5.69 Å². The van der Waals surface area contributed by atoms with Gasteiger partial charge in [0.15, 0.2) is 5.65 Å². The van der Waals surface area contributed by atoms with E-state index < -0.39 is 0 Å². The number of nitrogens with zero attached hydrogens (tertiary/aromatic N) is 4. The SMILES string of the molecule is [B]c1cnn2c(NCC3CCCN(Cc4cccc(Br)c4)C3)cc(-c3ccccc3Cl)nc12. The van der Waals surface area contributed by atoms with Crippen LogP contribution in [0.3, 0.4) is 0 Å². The summed E-state index contributed by atoms with van der Waals surface area (Å²) in [6.45, 7) is 4.03. The van der Waals surface area contributed by atoms with Crippen LogP contribution in [0.15, 0.2) is 65.3 Å². The Kier molecular flexibility index (Phi) is 6.72. The Balaban J connectivity index is 1.33. The number of piperidine rings is 1. The summed E-state index contributed by atoms with van der Waals surface area (Å²) in [5, 5.41) is 8.72. The number of aromatic nitrogens is 3. The zero-order valence-corrected chi connectivity index (χ0v) is 20.6. The van der Waals surface area contributed by atoms with Crippen LogP contribution in [0.25, 0.3) is 16.9 Å². The molecule has 0 aliphatic carbocycles. The minimum Gasteiger partial charge on any atom is -0.370 e. The maximum atomic E-state index is 6.44. The lowest BCUT2D eigenvalue weighted by molar-refractivity contribution is 0.173. The second-order valence-electron chi connectivity index (χ2n) is 8.60. The van der Waals surface area contributed by atoms with Gasteiger partial charge in [0.1, 0.15) is 13.7 Å². The fourth-order valence-corrected chi connectivity index (χ4v) is 5.20. The maximum absolute atomic E-state index is 6.44. The number of anilines is 1. The van der Waals surface area contributed by atoms with E-state index in [2.05, 4.69) is 55.5 Å². The fraction of sp³-hybridized carbons (Fsp3) is 0.280. The Hall–Kier alpha value is -2.35. The number of fused-ring (bicyclic) bond motifs is 1. The molecule has 8 heteroatoms. The highest BCUT2D eigenvalue weighted by atomic mass is 79.9. The molecule has 1 aliphatic rings. The second-order valence-corrected chi connectivity index (χ2v) is 9.92. The summed E-state index contributed by atoms with van der Waals surface area (Å²) in [5.41, 5.74) is 4.18. The van der Waals surface area contributed by atoms with Gasteiger partial charge in [0, 0.05) is 47.0 Å². The van der Waals surface area contributed by atoms with E-state index in [-0.39, 0.29) is 0 Å². The third kappa shape index (κ3) is 5.10. The third-order valence-electron chi connectivity index (χ3n) is 6.12. The van der Waals surface area contributed by atoms with Crippen molar-refractivity contribution < 1.29 is 0 Å². The minimum atomic E-state index is 0.546. The van der Waals surface area contributed by atoms with E-state index in [1.165, 1.54) is 18.4 Å². The average Bonchev–Trinajstić information content (AvgIpc) is 3.19. The monoisotopic (exact) mass is 519 g/mol. The third-order valence-corrected chi connectivity index (χ3v) is 6.94.